The number of benzene rings is 1. The van der Waals surface area contributed by atoms with Gasteiger partial charge in [0.25, 0.3) is 0 Å². The van der Waals surface area contributed by atoms with Crippen LogP contribution >= 0.6 is 24.0 Å². The van der Waals surface area contributed by atoms with Crippen LogP contribution in [-0.4, -0.2) is 95.0 Å². The molecule has 2 unspecified atom stereocenters. The summed E-state index contributed by atoms with van der Waals surface area (Å²) >= 11 is 0. The molecule has 0 amide bonds. The second-order valence-corrected chi connectivity index (χ2v) is 8.21. The predicted molar refractivity (Wildman–Crippen MR) is 137 cm³/mol. The molecule has 3 rings (SSSR count). The Balaban J connectivity index is 0.00000341. The minimum atomic E-state index is 0. The Morgan fingerprint density at radius 1 is 1.16 bits per heavy atom. The zero-order valence-electron chi connectivity index (χ0n) is 19.1. The number of hydrogen-bond acceptors (Lipinski definition) is 5. The third-order valence-electron chi connectivity index (χ3n) is 5.87. The zero-order valence-corrected chi connectivity index (χ0v) is 21.4. The first-order valence-electron chi connectivity index (χ1n) is 11.4. The van der Waals surface area contributed by atoms with Crippen molar-refractivity contribution in [2.45, 2.75) is 31.4 Å². The van der Waals surface area contributed by atoms with E-state index in [9.17, 15) is 0 Å². The molecule has 2 fully saturated rings. The molecule has 1 aromatic rings. The van der Waals surface area contributed by atoms with E-state index in [4.69, 9.17) is 9.47 Å². The van der Waals surface area contributed by atoms with Crippen molar-refractivity contribution >= 4 is 29.9 Å². The molecule has 0 saturated carbocycles. The number of likely N-dealkylation sites (N-methyl/N-ethyl adjacent to an activating group) is 1. The third kappa shape index (κ3) is 9.21. The quantitative estimate of drug-likeness (QED) is 0.204. The smallest absolute Gasteiger partial charge is 0.190 e. The van der Waals surface area contributed by atoms with E-state index in [2.05, 4.69) is 62.8 Å². The fraction of sp³-hybridized carbons (Fsp3) is 0.696. The molecule has 2 aliphatic heterocycles. The molecule has 2 heterocycles. The van der Waals surface area contributed by atoms with E-state index >= 15 is 0 Å². The average molecular weight is 546 g/mol. The lowest BCUT2D eigenvalue weighted by Gasteiger charge is -2.40. The summed E-state index contributed by atoms with van der Waals surface area (Å²) in [6, 6.07) is 11.4. The maximum atomic E-state index is 5.80. The number of rotatable bonds is 10. The summed E-state index contributed by atoms with van der Waals surface area (Å²) in [5, 5.41) is 6.83. The molecule has 7 nitrogen and oxygen atoms in total. The number of nitrogens with zero attached hydrogens (tertiary/aromatic N) is 3. The van der Waals surface area contributed by atoms with Crippen LogP contribution in [0.5, 0.6) is 0 Å². The van der Waals surface area contributed by atoms with Gasteiger partial charge in [-0.15, -0.1) is 24.0 Å². The van der Waals surface area contributed by atoms with Crippen LogP contribution in [0.15, 0.2) is 35.3 Å². The highest BCUT2D eigenvalue weighted by atomic mass is 127. The van der Waals surface area contributed by atoms with Crippen molar-refractivity contribution in [2.75, 3.05) is 73.2 Å². The molecule has 0 spiro atoms. The Morgan fingerprint density at radius 3 is 2.65 bits per heavy atom. The molecule has 2 N–H and O–H groups in total. The Labute approximate surface area is 205 Å². The van der Waals surface area contributed by atoms with E-state index in [0.717, 1.165) is 84.3 Å². The van der Waals surface area contributed by atoms with Gasteiger partial charge in [-0.3, -0.25) is 9.89 Å². The number of halogens is 1. The lowest BCUT2D eigenvalue weighted by atomic mass is 10.0. The Bertz CT molecular complexity index is 628. The van der Waals surface area contributed by atoms with Crippen LogP contribution in [0.3, 0.4) is 0 Å². The second kappa shape index (κ2) is 15.0. The zero-order chi connectivity index (χ0) is 21.0. The molecule has 31 heavy (non-hydrogen) atoms. The molecule has 2 aliphatic rings. The number of hydrogen-bond donors (Lipinski definition) is 2. The third-order valence-corrected chi connectivity index (χ3v) is 5.87. The largest absolute Gasteiger partial charge is 0.379 e. The summed E-state index contributed by atoms with van der Waals surface area (Å²) in [7, 11) is 4.05. The van der Waals surface area contributed by atoms with Gasteiger partial charge in [0.15, 0.2) is 5.96 Å². The van der Waals surface area contributed by atoms with Crippen LogP contribution in [0.2, 0.25) is 0 Å². The minimum Gasteiger partial charge on any atom is -0.379 e. The maximum absolute atomic E-state index is 5.80. The van der Waals surface area contributed by atoms with Crippen LogP contribution < -0.4 is 10.6 Å². The number of ether oxygens (including phenoxy) is 2. The van der Waals surface area contributed by atoms with Gasteiger partial charge in [0.05, 0.1) is 12.7 Å². The number of nitrogens with one attached hydrogen (secondary N) is 2. The van der Waals surface area contributed by atoms with E-state index in [0.29, 0.717) is 6.04 Å². The summed E-state index contributed by atoms with van der Waals surface area (Å²) in [4.78, 5) is 9.39. The first kappa shape index (κ1) is 26.3. The predicted octanol–water partition coefficient (Wildman–Crippen LogP) is 2.34. The van der Waals surface area contributed by atoms with Gasteiger partial charge in [-0.05, 0) is 31.9 Å². The van der Waals surface area contributed by atoms with Crippen molar-refractivity contribution in [1.29, 1.82) is 0 Å². The van der Waals surface area contributed by atoms with Crippen molar-refractivity contribution in [3.63, 3.8) is 0 Å². The summed E-state index contributed by atoms with van der Waals surface area (Å²) in [5.41, 5.74) is 1.42. The van der Waals surface area contributed by atoms with Crippen molar-refractivity contribution in [1.82, 2.24) is 20.4 Å². The summed E-state index contributed by atoms with van der Waals surface area (Å²) in [5.74, 6) is 0.872. The first-order chi connectivity index (χ1) is 14.8. The molecule has 0 aromatic heterocycles. The fourth-order valence-corrected chi connectivity index (χ4v) is 4.10. The standard InChI is InChI=1S/C23H39N5O2.HI/c1-24-23(26-12-7-16-30-21-10-17-29-19-21)25-11-6-13-28-15-14-27(2)18-22(28)20-8-4-3-5-9-20;/h3-5,8-9,21-22H,6-7,10-19H2,1-2H3,(H2,24,25,26);1H. The molecule has 1 aromatic carbocycles. The maximum Gasteiger partial charge on any atom is 0.190 e. The van der Waals surface area contributed by atoms with E-state index in [1.165, 1.54) is 5.56 Å². The highest BCUT2D eigenvalue weighted by Gasteiger charge is 2.25. The highest BCUT2D eigenvalue weighted by Crippen LogP contribution is 2.24. The molecular weight excluding hydrogens is 505 g/mol. The van der Waals surface area contributed by atoms with Gasteiger partial charge < -0.3 is 25.0 Å². The molecule has 8 heteroatoms. The van der Waals surface area contributed by atoms with Gasteiger partial charge in [0.2, 0.25) is 0 Å². The normalized spacial score (nSPS) is 22.8. The summed E-state index contributed by atoms with van der Waals surface area (Å²) in [6.07, 6.45) is 3.38. The highest BCUT2D eigenvalue weighted by molar-refractivity contribution is 14.0. The number of aliphatic imine (C=N–C) groups is 1. The van der Waals surface area contributed by atoms with Crippen molar-refractivity contribution in [2.24, 2.45) is 4.99 Å². The summed E-state index contributed by atoms with van der Waals surface area (Å²) in [6.45, 7) is 8.57. The minimum absolute atomic E-state index is 0. The second-order valence-electron chi connectivity index (χ2n) is 8.21. The van der Waals surface area contributed by atoms with Crippen molar-refractivity contribution in [3.05, 3.63) is 35.9 Å². The molecule has 2 atom stereocenters. The van der Waals surface area contributed by atoms with Crippen LogP contribution in [0, 0.1) is 0 Å². The van der Waals surface area contributed by atoms with E-state index < -0.39 is 0 Å². The molecule has 0 bridgehead atoms. The Morgan fingerprint density at radius 2 is 1.94 bits per heavy atom. The summed E-state index contributed by atoms with van der Waals surface area (Å²) < 4.78 is 11.1. The van der Waals surface area contributed by atoms with E-state index in [-0.39, 0.29) is 30.1 Å². The number of guanidine groups is 1. The van der Waals surface area contributed by atoms with Gasteiger partial charge in [-0.1, -0.05) is 30.3 Å². The van der Waals surface area contributed by atoms with Gasteiger partial charge in [-0.25, -0.2) is 0 Å². The van der Waals surface area contributed by atoms with Crippen molar-refractivity contribution < 1.29 is 9.47 Å². The van der Waals surface area contributed by atoms with Crippen LogP contribution in [0.4, 0.5) is 0 Å². The fourth-order valence-electron chi connectivity index (χ4n) is 4.10. The van der Waals surface area contributed by atoms with Crippen LogP contribution in [0.1, 0.15) is 30.9 Å². The lowest BCUT2D eigenvalue weighted by molar-refractivity contribution is 0.0420. The van der Waals surface area contributed by atoms with Crippen molar-refractivity contribution in [3.8, 4) is 0 Å². The first-order valence-corrected chi connectivity index (χ1v) is 11.4. The van der Waals surface area contributed by atoms with Gasteiger partial charge in [0.1, 0.15) is 0 Å². The van der Waals surface area contributed by atoms with Gasteiger partial charge >= 0.3 is 0 Å². The monoisotopic (exact) mass is 545 g/mol. The topological polar surface area (TPSA) is 61.4 Å². The molecule has 0 radical (unpaired) electrons. The molecular formula is C23H40IN5O2. The lowest BCUT2D eigenvalue weighted by Crippen LogP contribution is -2.47. The van der Waals surface area contributed by atoms with E-state index in [1.54, 1.807) is 0 Å². The average Bonchev–Trinajstić information content (AvgIpc) is 3.30. The van der Waals surface area contributed by atoms with Gasteiger partial charge in [0, 0.05) is 65.6 Å². The molecule has 0 aliphatic carbocycles. The van der Waals surface area contributed by atoms with E-state index in [1.807, 2.05) is 7.05 Å². The SMILES string of the molecule is CN=C(NCCCOC1CCOC1)NCCCN1CCN(C)CC1c1ccccc1.I. The number of piperazine rings is 1. The van der Waals surface area contributed by atoms with Crippen LogP contribution in [-0.2, 0) is 9.47 Å². The van der Waals surface area contributed by atoms with Gasteiger partial charge in [-0.2, -0.15) is 0 Å². The Kier molecular flexibility index (Phi) is 12.7. The van der Waals surface area contributed by atoms with Crippen LogP contribution in [0.25, 0.3) is 0 Å². The molecule has 176 valence electrons. The Hall–Kier alpha value is -0.940. The molecule has 2 saturated heterocycles.